The van der Waals surface area contributed by atoms with Crippen molar-refractivity contribution in [3.63, 3.8) is 0 Å². The molecule has 2 aromatic rings. The second kappa shape index (κ2) is 7.83. The maximum absolute atomic E-state index is 12.5. The Labute approximate surface area is 157 Å². The molecule has 0 aliphatic carbocycles. The molecule has 26 heavy (non-hydrogen) atoms. The average molecular weight is 368 g/mol. The minimum Gasteiger partial charge on any atom is -0.490 e. The lowest BCUT2D eigenvalue weighted by Crippen LogP contribution is -2.25. The van der Waals surface area contributed by atoms with E-state index in [1.807, 2.05) is 48.5 Å². The van der Waals surface area contributed by atoms with E-state index in [0.29, 0.717) is 25.5 Å². The van der Waals surface area contributed by atoms with Crippen molar-refractivity contribution >= 4 is 23.4 Å². The van der Waals surface area contributed by atoms with Gasteiger partial charge in [0.05, 0.1) is 31.2 Å². The molecule has 0 unspecified atom stereocenters. The van der Waals surface area contributed by atoms with Gasteiger partial charge in [-0.3, -0.25) is 4.79 Å². The predicted molar refractivity (Wildman–Crippen MR) is 102 cm³/mol. The quantitative estimate of drug-likeness (QED) is 0.774. The summed E-state index contributed by atoms with van der Waals surface area (Å²) in [4.78, 5) is 13.5. The highest BCUT2D eigenvalue weighted by Gasteiger charge is 2.21. The van der Waals surface area contributed by atoms with Crippen LogP contribution in [0, 0.1) is 0 Å². The first-order valence-corrected chi connectivity index (χ1v) is 9.74. The number of carbonyl (C=O) groups is 1. The van der Waals surface area contributed by atoms with Crippen molar-refractivity contribution < 1.29 is 14.3 Å². The van der Waals surface area contributed by atoms with Crippen molar-refractivity contribution in [2.45, 2.75) is 17.7 Å². The molecule has 134 valence electrons. The molecule has 0 radical (unpaired) electrons. The van der Waals surface area contributed by atoms with Crippen molar-refractivity contribution in [2.75, 3.05) is 25.5 Å². The predicted octanol–water partition coefficient (Wildman–Crippen LogP) is 3.58. The van der Waals surface area contributed by atoms with Crippen LogP contribution in [-0.2, 0) is 4.79 Å². The molecule has 0 bridgehead atoms. The van der Waals surface area contributed by atoms with Crippen LogP contribution in [0.3, 0.4) is 0 Å². The van der Waals surface area contributed by atoms with Gasteiger partial charge in [0.2, 0.25) is 0 Å². The Kier molecular flexibility index (Phi) is 5.11. The molecule has 5 nitrogen and oxygen atoms in total. The number of ether oxygens (including phenoxy) is 2. The van der Waals surface area contributed by atoms with Gasteiger partial charge in [-0.1, -0.05) is 30.3 Å². The van der Waals surface area contributed by atoms with Crippen molar-refractivity contribution in [2.24, 2.45) is 5.10 Å². The van der Waals surface area contributed by atoms with E-state index >= 15 is 0 Å². The molecule has 1 amide bonds. The van der Waals surface area contributed by atoms with Gasteiger partial charge < -0.3 is 9.47 Å². The molecule has 2 heterocycles. The molecule has 0 N–H and O–H groups in total. The lowest BCUT2D eigenvalue weighted by molar-refractivity contribution is -0.127. The van der Waals surface area contributed by atoms with E-state index < -0.39 is 0 Å². The van der Waals surface area contributed by atoms with Crippen LogP contribution >= 0.6 is 11.8 Å². The van der Waals surface area contributed by atoms with Gasteiger partial charge in [-0.25, -0.2) is 5.01 Å². The Bertz CT molecular complexity index is 823. The standard InChI is InChI=1S/C20H20N2O3S/c23-20(22-10-9-17(21-22)15-5-2-1-3-6-15)14-26-16-7-8-18-19(13-16)25-12-4-11-24-18/h1-3,5-8,13H,4,9-12,14H2. The van der Waals surface area contributed by atoms with Crippen LogP contribution in [0.2, 0.25) is 0 Å². The number of hydrazone groups is 1. The van der Waals surface area contributed by atoms with Gasteiger partial charge in [-0.15, -0.1) is 11.8 Å². The van der Waals surface area contributed by atoms with Crippen molar-refractivity contribution in [3.05, 3.63) is 54.1 Å². The molecule has 2 aliphatic rings. The maximum Gasteiger partial charge on any atom is 0.253 e. The fourth-order valence-corrected chi connectivity index (χ4v) is 3.72. The molecule has 2 aromatic carbocycles. The second-order valence-electron chi connectivity index (χ2n) is 6.13. The van der Waals surface area contributed by atoms with Crippen LogP contribution in [0.4, 0.5) is 0 Å². The van der Waals surface area contributed by atoms with E-state index in [0.717, 1.165) is 40.5 Å². The van der Waals surface area contributed by atoms with Gasteiger partial charge in [0.15, 0.2) is 11.5 Å². The van der Waals surface area contributed by atoms with E-state index in [2.05, 4.69) is 5.10 Å². The first-order chi connectivity index (χ1) is 12.8. The van der Waals surface area contributed by atoms with Gasteiger partial charge in [0, 0.05) is 17.7 Å². The molecule has 0 atom stereocenters. The lowest BCUT2D eigenvalue weighted by atomic mass is 10.1. The SMILES string of the molecule is O=C(CSc1ccc2c(c1)OCCCO2)N1CCC(c2ccccc2)=N1. The zero-order chi connectivity index (χ0) is 17.8. The topological polar surface area (TPSA) is 51.1 Å². The van der Waals surface area contributed by atoms with Crippen LogP contribution in [0.1, 0.15) is 18.4 Å². The summed E-state index contributed by atoms with van der Waals surface area (Å²) in [6, 6.07) is 15.8. The molecule has 6 heteroatoms. The second-order valence-corrected chi connectivity index (χ2v) is 7.18. The number of amides is 1. The molecule has 2 aliphatic heterocycles. The Morgan fingerprint density at radius 3 is 2.73 bits per heavy atom. The normalized spacial score (nSPS) is 16.2. The van der Waals surface area contributed by atoms with Crippen LogP contribution in [0.15, 0.2) is 58.5 Å². The van der Waals surface area contributed by atoms with Gasteiger partial charge in [-0.2, -0.15) is 5.10 Å². The number of thioether (sulfide) groups is 1. The Balaban J connectivity index is 1.37. The summed E-state index contributed by atoms with van der Waals surface area (Å²) in [5, 5.41) is 6.08. The largest absolute Gasteiger partial charge is 0.490 e. The summed E-state index contributed by atoms with van der Waals surface area (Å²) in [6.07, 6.45) is 1.68. The third-order valence-electron chi connectivity index (χ3n) is 4.28. The fourth-order valence-electron chi connectivity index (χ4n) is 2.92. The van der Waals surface area contributed by atoms with E-state index in [9.17, 15) is 4.79 Å². The summed E-state index contributed by atoms with van der Waals surface area (Å²) in [7, 11) is 0. The van der Waals surface area contributed by atoms with Crippen LogP contribution in [-0.4, -0.2) is 42.1 Å². The number of carbonyl (C=O) groups excluding carboxylic acids is 1. The highest BCUT2D eigenvalue weighted by Crippen LogP contribution is 2.34. The first-order valence-electron chi connectivity index (χ1n) is 8.75. The van der Waals surface area contributed by atoms with E-state index in [1.54, 1.807) is 5.01 Å². The van der Waals surface area contributed by atoms with Crippen molar-refractivity contribution in [1.82, 2.24) is 5.01 Å². The van der Waals surface area contributed by atoms with Crippen molar-refractivity contribution in [3.8, 4) is 11.5 Å². The summed E-state index contributed by atoms with van der Waals surface area (Å²) in [5.41, 5.74) is 2.05. The van der Waals surface area contributed by atoms with Crippen LogP contribution in [0.5, 0.6) is 11.5 Å². The summed E-state index contributed by atoms with van der Waals surface area (Å²) in [5.74, 6) is 1.90. The van der Waals surface area contributed by atoms with Gasteiger partial charge in [0.25, 0.3) is 5.91 Å². The average Bonchev–Trinajstić information content (AvgIpc) is 3.06. The summed E-state index contributed by atoms with van der Waals surface area (Å²) < 4.78 is 11.3. The molecular formula is C20H20N2O3S. The Morgan fingerprint density at radius 2 is 1.88 bits per heavy atom. The van der Waals surface area contributed by atoms with Gasteiger partial charge >= 0.3 is 0 Å². The van der Waals surface area contributed by atoms with Gasteiger partial charge in [0.1, 0.15) is 0 Å². The van der Waals surface area contributed by atoms with E-state index in [1.165, 1.54) is 11.8 Å². The molecular weight excluding hydrogens is 348 g/mol. The minimum atomic E-state index is 0.0213. The van der Waals surface area contributed by atoms with E-state index in [-0.39, 0.29) is 5.91 Å². The number of nitrogens with zero attached hydrogens (tertiary/aromatic N) is 2. The first kappa shape index (κ1) is 17.0. The Hall–Kier alpha value is -2.47. The van der Waals surface area contributed by atoms with Crippen LogP contribution in [0.25, 0.3) is 0 Å². The van der Waals surface area contributed by atoms with E-state index in [4.69, 9.17) is 9.47 Å². The molecule has 0 fully saturated rings. The number of fused-ring (bicyclic) bond motifs is 1. The zero-order valence-electron chi connectivity index (χ0n) is 14.4. The Morgan fingerprint density at radius 1 is 1.08 bits per heavy atom. The highest BCUT2D eigenvalue weighted by molar-refractivity contribution is 8.00. The maximum atomic E-state index is 12.5. The number of hydrogen-bond acceptors (Lipinski definition) is 5. The monoisotopic (exact) mass is 368 g/mol. The number of hydrogen-bond donors (Lipinski definition) is 0. The minimum absolute atomic E-state index is 0.0213. The third-order valence-corrected chi connectivity index (χ3v) is 5.26. The number of rotatable bonds is 4. The molecule has 0 saturated carbocycles. The fraction of sp³-hybridized carbons (Fsp3) is 0.300. The summed E-state index contributed by atoms with van der Waals surface area (Å²) >= 11 is 1.50. The smallest absolute Gasteiger partial charge is 0.253 e. The number of benzene rings is 2. The molecule has 0 saturated heterocycles. The zero-order valence-corrected chi connectivity index (χ0v) is 15.2. The molecule has 0 spiro atoms. The van der Waals surface area contributed by atoms with Crippen LogP contribution < -0.4 is 9.47 Å². The third kappa shape index (κ3) is 3.85. The highest BCUT2D eigenvalue weighted by atomic mass is 32.2. The van der Waals surface area contributed by atoms with Crippen molar-refractivity contribution in [1.29, 1.82) is 0 Å². The molecule has 4 rings (SSSR count). The molecule has 0 aromatic heterocycles. The summed E-state index contributed by atoms with van der Waals surface area (Å²) in [6.45, 7) is 1.98. The van der Waals surface area contributed by atoms with Gasteiger partial charge in [-0.05, 0) is 23.8 Å². The lowest BCUT2D eigenvalue weighted by Gasteiger charge is -2.12.